The van der Waals surface area contributed by atoms with Gasteiger partial charge in [0.1, 0.15) is 0 Å². The Morgan fingerprint density at radius 2 is 1.83 bits per heavy atom. The van der Waals surface area contributed by atoms with Crippen molar-refractivity contribution in [1.82, 2.24) is 0 Å². The van der Waals surface area contributed by atoms with Gasteiger partial charge in [-0.15, -0.1) is 0 Å². The first-order valence-electron chi connectivity index (χ1n) is 7.04. The van der Waals surface area contributed by atoms with E-state index in [0.29, 0.717) is 5.92 Å². The summed E-state index contributed by atoms with van der Waals surface area (Å²) in [6.07, 6.45) is 8.14. The summed E-state index contributed by atoms with van der Waals surface area (Å²) in [6.45, 7) is 10.8. The third-order valence-electron chi connectivity index (χ3n) is 3.28. The minimum Gasteiger partial charge on any atom is -0.0836 e. The van der Waals surface area contributed by atoms with Crippen LogP contribution in [0.25, 0.3) is 6.08 Å². The molecule has 102 valence electrons. The number of rotatable bonds is 2. The maximum atomic E-state index is 2.43. The van der Waals surface area contributed by atoms with Gasteiger partial charge in [-0.2, -0.15) is 0 Å². The van der Waals surface area contributed by atoms with Crippen LogP contribution in [0.2, 0.25) is 0 Å². The molecule has 0 fully saturated rings. The van der Waals surface area contributed by atoms with Crippen LogP contribution in [0, 0.1) is 0 Å². The van der Waals surface area contributed by atoms with Crippen LogP contribution in [0.3, 0.4) is 0 Å². The van der Waals surface area contributed by atoms with Crippen LogP contribution in [0.4, 0.5) is 0 Å². The van der Waals surface area contributed by atoms with E-state index in [1.807, 2.05) is 13.8 Å². The molecule has 18 heavy (non-hydrogen) atoms. The van der Waals surface area contributed by atoms with Crippen molar-refractivity contribution < 1.29 is 0 Å². The molecule has 0 saturated carbocycles. The summed E-state index contributed by atoms with van der Waals surface area (Å²) < 4.78 is 0. The first-order valence-corrected chi connectivity index (χ1v) is 7.04. The maximum absolute atomic E-state index is 2.43. The number of hydrogen-bond donors (Lipinski definition) is 0. The second-order valence-corrected chi connectivity index (χ2v) is 4.70. The maximum Gasteiger partial charge on any atom is -0.0216 e. The van der Waals surface area contributed by atoms with E-state index in [0.717, 1.165) is 6.42 Å². The van der Waals surface area contributed by atoms with Gasteiger partial charge in [0.2, 0.25) is 0 Å². The fourth-order valence-electron chi connectivity index (χ4n) is 2.39. The molecule has 1 aliphatic carbocycles. The molecule has 0 radical (unpaired) electrons. The molecule has 0 heteroatoms. The third-order valence-corrected chi connectivity index (χ3v) is 3.28. The molecule has 0 N–H and O–H groups in total. The standard InChI is InChI=1S/C15H20.C2H6.CH4/c1-4-12-9-13-7-5-6-8-14(13)10-15(12)11(2)3;1-2;/h5,7,9-11H,4,6,8H2,1-3H3;1-2H3;1H4. The Morgan fingerprint density at radius 1 is 1.17 bits per heavy atom. The fraction of sp³-hybridized carbons (Fsp3) is 0.556. The highest BCUT2D eigenvalue weighted by Gasteiger charge is 2.11. The summed E-state index contributed by atoms with van der Waals surface area (Å²) in [4.78, 5) is 0. The molecular weight excluding hydrogens is 216 g/mol. The zero-order chi connectivity index (χ0) is 12.8. The average Bonchev–Trinajstić information content (AvgIpc) is 2.39. The third kappa shape index (κ3) is 3.73. The Bertz CT molecular complexity index is 383. The fourth-order valence-corrected chi connectivity index (χ4v) is 2.39. The predicted octanol–water partition coefficient (Wildman–Crippen LogP) is 5.99. The van der Waals surface area contributed by atoms with E-state index in [9.17, 15) is 0 Å². The lowest BCUT2D eigenvalue weighted by Crippen LogP contribution is -2.02. The summed E-state index contributed by atoms with van der Waals surface area (Å²) in [6, 6.07) is 4.82. The minimum absolute atomic E-state index is 0. The van der Waals surface area contributed by atoms with Crippen molar-refractivity contribution in [3.05, 3.63) is 40.5 Å². The van der Waals surface area contributed by atoms with Gasteiger partial charge in [-0.05, 0) is 47.4 Å². The topological polar surface area (TPSA) is 0 Å². The molecule has 1 aromatic carbocycles. The van der Waals surface area contributed by atoms with Crippen molar-refractivity contribution in [2.45, 2.75) is 67.2 Å². The highest BCUT2D eigenvalue weighted by molar-refractivity contribution is 5.59. The van der Waals surface area contributed by atoms with Crippen LogP contribution in [-0.2, 0) is 12.8 Å². The molecule has 0 aliphatic heterocycles. The van der Waals surface area contributed by atoms with Crippen molar-refractivity contribution in [2.24, 2.45) is 0 Å². The Labute approximate surface area is 114 Å². The molecule has 0 amide bonds. The summed E-state index contributed by atoms with van der Waals surface area (Å²) in [5, 5.41) is 0. The number of benzene rings is 1. The number of hydrogen-bond acceptors (Lipinski definition) is 0. The minimum atomic E-state index is 0. The van der Waals surface area contributed by atoms with Crippen LogP contribution in [0.1, 0.15) is 76.6 Å². The van der Waals surface area contributed by atoms with Gasteiger partial charge in [-0.1, -0.05) is 66.3 Å². The van der Waals surface area contributed by atoms with Crippen LogP contribution in [-0.4, -0.2) is 0 Å². The van der Waals surface area contributed by atoms with Crippen molar-refractivity contribution in [2.75, 3.05) is 0 Å². The number of fused-ring (bicyclic) bond motifs is 1. The van der Waals surface area contributed by atoms with Gasteiger partial charge in [-0.25, -0.2) is 0 Å². The lowest BCUT2D eigenvalue weighted by molar-refractivity contribution is 0.835. The molecule has 0 saturated heterocycles. The van der Waals surface area contributed by atoms with E-state index in [1.54, 1.807) is 11.1 Å². The second-order valence-electron chi connectivity index (χ2n) is 4.70. The molecular formula is C18H30. The molecule has 0 aromatic heterocycles. The van der Waals surface area contributed by atoms with Gasteiger partial charge in [0, 0.05) is 0 Å². The van der Waals surface area contributed by atoms with Gasteiger partial charge in [0.15, 0.2) is 0 Å². The zero-order valence-corrected chi connectivity index (χ0v) is 12.0. The van der Waals surface area contributed by atoms with Crippen LogP contribution in [0.5, 0.6) is 0 Å². The highest BCUT2D eigenvalue weighted by Crippen LogP contribution is 2.28. The van der Waals surface area contributed by atoms with Gasteiger partial charge in [-0.3, -0.25) is 0 Å². The largest absolute Gasteiger partial charge is 0.0836 e. The zero-order valence-electron chi connectivity index (χ0n) is 12.0. The molecule has 0 bridgehead atoms. The van der Waals surface area contributed by atoms with Crippen LogP contribution in [0.15, 0.2) is 18.2 Å². The highest BCUT2D eigenvalue weighted by atomic mass is 14.2. The van der Waals surface area contributed by atoms with Crippen molar-refractivity contribution in [3.63, 3.8) is 0 Å². The van der Waals surface area contributed by atoms with E-state index < -0.39 is 0 Å². The summed E-state index contributed by atoms with van der Waals surface area (Å²) in [5.74, 6) is 0.649. The van der Waals surface area contributed by atoms with Crippen LogP contribution < -0.4 is 0 Å². The molecule has 1 aromatic rings. The Morgan fingerprint density at radius 3 is 2.39 bits per heavy atom. The molecule has 0 nitrogen and oxygen atoms in total. The molecule has 0 unspecified atom stereocenters. The molecule has 0 heterocycles. The second kappa shape index (κ2) is 8.13. The summed E-state index contributed by atoms with van der Waals surface area (Å²) in [7, 11) is 0. The lowest BCUT2D eigenvalue weighted by Gasteiger charge is -2.18. The van der Waals surface area contributed by atoms with E-state index >= 15 is 0 Å². The van der Waals surface area contributed by atoms with Gasteiger partial charge >= 0.3 is 0 Å². The summed E-state index contributed by atoms with van der Waals surface area (Å²) in [5.41, 5.74) is 6.06. The van der Waals surface area contributed by atoms with Crippen LogP contribution >= 0.6 is 0 Å². The summed E-state index contributed by atoms with van der Waals surface area (Å²) >= 11 is 0. The average molecular weight is 246 g/mol. The lowest BCUT2D eigenvalue weighted by atomic mass is 9.87. The molecule has 2 rings (SSSR count). The molecule has 0 atom stereocenters. The normalized spacial score (nSPS) is 12.3. The number of aryl methyl sites for hydroxylation is 2. The monoisotopic (exact) mass is 246 g/mol. The number of allylic oxidation sites excluding steroid dienone is 1. The van der Waals surface area contributed by atoms with Crippen molar-refractivity contribution in [1.29, 1.82) is 0 Å². The first kappa shape index (κ1) is 17.0. The van der Waals surface area contributed by atoms with E-state index in [2.05, 4.69) is 45.1 Å². The Balaban J connectivity index is 0.000000917. The van der Waals surface area contributed by atoms with Crippen molar-refractivity contribution in [3.8, 4) is 0 Å². The smallest absolute Gasteiger partial charge is 0.0216 e. The van der Waals surface area contributed by atoms with Crippen molar-refractivity contribution >= 4 is 6.08 Å². The quantitative estimate of drug-likeness (QED) is 0.601. The van der Waals surface area contributed by atoms with Gasteiger partial charge in [0.25, 0.3) is 0 Å². The first-order chi connectivity index (χ1) is 8.22. The van der Waals surface area contributed by atoms with E-state index in [1.165, 1.54) is 24.0 Å². The Kier molecular flexibility index (Phi) is 7.66. The SMILES string of the molecule is C.CC.CCc1cc2c(cc1C(C)C)CCC=C2. The van der Waals surface area contributed by atoms with Gasteiger partial charge in [0.05, 0.1) is 0 Å². The molecule has 1 aliphatic rings. The van der Waals surface area contributed by atoms with E-state index in [4.69, 9.17) is 0 Å². The molecule has 0 spiro atoms. The Hall–Kier alpha value is -1.04. The predicted molar refractivity (Wildman–Crippen MR) is 85.3 cm³/mol. The van der Waals surface area contributed by atoms with Gasteiger partial charge < -0.3 is 0 Å². The van der Waals surface area contributed by atoms with E-state index in [-0.39, 0.29) is 7.43 Å².